The van der Waals surface area contributed by atoms with Crippen molar-refractivity contribution in [2.24, 2.45) is 0 Å². The van der Waals surface area contributed by atoms with Gasteiger partial charge in [0.1, 0.15) is 0 Å². The Balaban J connectivity index is 1.97. The summed E-state index contributed by atoms with van der Waals surface area (Å²) in [5, 5.41) is 11.3. The lowest BCUT2D eigenvalue weighted by Gasteiger charge is -2.26. The molecule has 9 nitrogen and oxygen atoms in total. The number of rotatable bonds is 9. The lowest BCUT2D eigenvalue weighted by atomic mass is 10.1. The third-order valence-electron chi connectivity index (χ3n) is 5.22. The largest absolute Gasteiger partial charge is 0.493 e. The number of halogens is 1. The molecule has 2 aromatic carbocycles. The van der Waals surface area contributed by atoms with E-state index >= 15 is 0 Å². The van der Waals surface area contributed by atoms with E-state index in [1.54, 1.807) is 17.0 Å². The average Bonchev–Trinajstić information content (AvgIpc) is 3.30. The van der Waals surface area contributed by atoms with Gasteiger partial charge in [0.05, 0.1) is 42.9 Å². The molecule has 3 rings (SSSR count). The monoisotopic (exact) mass is 464 g/mol. The lowest BCUT2D eigenvalue weighted by molar-refractivity contribution is -0.384. The molecule has 1 atom stereocenters. The smallest absolute Gasteiger partial charge is 0.270 e. The zero-order chi connectivity index (χ0) is 23.3. The second-order valence-corrected chi connectivity index (χ2v) is 7.68. The van der Waals surface area contributed by atoms with Gasteiger partial charge in [0, 0.05) is 31.8 Å². The zero-order valence-electron chi connectivity index (χ0n) is 18.1. The van der Waals surface area contributed by atoms with Crippen molar-refractivity contribution in [3.05, 3.63) is 56.6 Å². The summed E-state index contributed by atoms with van der Waals surface area (Å²) in [5.74, 6) is 0.930. The summed E-state index contributed by atoms with van der Waals surface area (Å²) < 4.78 is 21.9. The van der Waals surface area contributed by atoms with Crippen molar-refractivity contribution in [2.45, 2.75) is 25.5 Å². The molecule has 1 fully saturated rings. The number of amides is 1. The summed E-state index contributed by atoms with van der Waals surface area (Å²) in [4.78, 5) is 25.7. The number of carbonyl (C=O) groups is 1. The van der Waals surface area contributed by atoms with Crippen LogP contribution in [0.2, 0.25) is 5.02 Å². The number of hydrogen-bond donors (Lipinski definition) is 0. The van der Waals surface area contributed by atoms with Crippen molar-refractivity contribution in [2.75, 3.05) is 34.5 Å². The van der Waals surface area contributed by atoms with Gasteiger partial charge in [-0.25, -0.2) is 0 Å². The minimum atomic E-state index is -0.559. The Bertz CT molecular complexity index is 967. The van der Waals surface area contributed by atoms with Gasteiger partial charge < -0.3 is 23.8 Å². The zero-order valence-corrected chi connectivity index (χ0v) is 18.9. The molecule has 172 valence electrons. The van der Waals surface area contributed by atoms with E-state index in [2.05, 4.69) is 0 Å². The Labute approximate surface area is 190 Å². The Morgan fingerprint density at radius 2 is 1.88 bits per heavy atom. The first-order chi connectivity index (χ1) is 15.4. The molecule has 1 saturated heterocycles. The van der Waals surface area contributed by atoms with Crippen LogP contribution >= 0.6 is 11.6 Å². The van der Waals surface area contributed by atoms with Crippen LogP contribution in [0.25, 0.3) is 0 Å². The van der Waals surface area contributed by atoms with Gasteiger partial charge in [-0.2, -0.15) is 0 Å². The van der Waals surface area contributed by atoms with Crippen molar-refractivity contribution < 1.29 is 28.7 Å². The van der Waals surface area contributed by atoms with Gasteiger partial charge in [-0.15, -0.1) is 0 Å². The molecule has 2 aromatic rings. The molecular weight excluding hydrogens is 440 g/mol. The second kappa shape index (κ2) is 10.5. The number of ether oxygens (including phenoxy) is 4. The number of methoxy groups -OCH3 is 3. The highest BCUT2D eigenvalue weighted by Crippen LogP contribution is 2.38. The summed E-state index contributed by atoms with van der Waals surface area (Å²) in [6.45, 7) is 1.14. The maximum Gasteiger partial charge on any atom is 0.270 e. The van der Waals surface area contributed by atoms with E-state index in [9.17, 15) is 14.9 Å². The predicted octanol–water partition coefficient (Wildman–Crippen LogP) is 4.10. The van der Waals surface area contributed by atoms with E-state index in [4.69, 9.17) is 30.5 Å². The first-order valence-corrected chi connectivity index (χ1v) is 10.4. The van der Waals surface area contributed by atoms with E-state index in [0.717, 1.165) is 18.4 Å². The third-order valence-corrected chi connectivity index (χ3v) is 5.55. The van der Waals surface area contributed by atoms with Crippen molar-refractivity contribution in [1.29, 1.82) is 0 Å². The van der Waals surface area contributed by atoms with Crippen LogP contribution in [-0.2, 0) is 11.3 Å². The van der Waals surface area contributed by atoms with E-state index in [-0.39, 0.29) is 28.9 Å². The number of carbonyl (C=O) groups excluding carboxylic acids is 1. The summed E-state index contributed by atoms with van der Waals surface area (Å²) >= 11 is 6.24. The number of non-ortho nitro benzene ring substituents is 1. The maximum absolute atomic E-state index is 13.4. The lowest BCUT2D eigenvalue weighted by Crippen LogP contribution is -2.37. The highest BCUT2D eigenvalue weighted by Gasteiger charge is 2.27. The fourth-order valence-corrected chi connectivity index (χ4v) is 3.86. The number of nitro groups is 1. The van der Waals surface area contributed by atoms with Gasteiger partial charge in [-0.3, -0.25) is 14.9 Å². The highest BCUT2D eigenvalue weighted by atomic mass is 35.5. The van der Waals surface area contributed by atoms with Gasteiger partial charge in [-0.05, 0) is 36.6 Å². The molecule has 10 heteroatoms. The summed E-state index contributed by atoms with van der Waals surface area (Å²) in [7, 11) is 4.54. The van der Waals surface area contributed by atoms with Crippen LogP contribution in [0.1, 0.15) is 28.8 Å². The number of benzene rings is 2. The fraction of sp³-hybridized carbons (Fsp3) is 0.409. The molecule has 1 heterocycles. The highest BCUT2D eigenvalue weighted by molar-refractivity contribution is 6.33. The van der Waals surface area contributed by atoms with Crippen molar-refractivity contribution in [1.82, 2.24) is 4.90 Å². The Hall–Kier alpha value is -3.04. The molecule has 0 N–H and O–H groups in total. The molecule has 0 spiro atoms. The minimum absolute atomic E-state index is 0.0614. The van der Waals surface area contributed by atoms with Gasteiger partial charge in [0.2, 0.25) is 5.75 Å². The van der Waals surface area contributed by atoms with Crippen LogP contribution in [0.3, 0.4) is 0 Å². The first kappa shape index (κ1) is 23.6. The molecule has 1 unspecified atom stereocenters. The first-order valence-electron chi connectivity index (χ1n) is 10.0. The predicted molar refractivity (Wildman–Crippen MR) is 118 cm³/mol. The molecule has 1 amide bonds. The summed E-state index contributed by atoms with van der Waals surface area (Å²) in [6.07, 6.45) is 1.61. The molecule has 0 aromatic heterocycles. The van der Waals surface area contributed by atoms with E-state index in [0.29, 0.717) is 30.4 Å². The molecule has 1 aliphatic rings. The fourth-order valence-electron chi connectivity index (χ4n) is 3.66. The third kappa shape index (κ3) is 5.23. The molecular formula is C22H25ClN2O7. The molecule has 0 radical (unpaired) electrons. The minimum Gasteiger partial charge on any atom is -0.493 e. The number of nitro benzene ring substituents is 1. The van der Waals surface area contributed by atoms with E-state index in [1.165, 1.54) is 39.5 Å². The van der Waals surface area contributed by atoms with Crippen LogP contribution in [0, 0.1) is 10.1 Å². The Morgan fingerprint density at radius 3 is 2.41 bits per heavy atom. The van der Waals surface area contributed by atoms with Gasteiger partial charge in [0.15, 0.2) is 11.5 Å². The molecule has 0 aliphatic carbocycles. The SMILES string of the molecule is COc1cc(CN(CC2CCCO2)C(=O)c2cc([N+](=O)[O-])ccc2Cl)cc(OC)c1OC. The normalized spacial score (nSPS) is 15.3. The number of nitrogens with zero attached hydrogens (tertiary/aromatic N) is 2. The standard InChI is InChI=1S/C22H25ClN2O7/c1-29-19-9-14(10-20(30-2)21(19)31-3)12-24(13-16-5-4-8-32-16)22(26)17-11-15(25(27)28)6-7-18(17)23/h6-7,9-11,16H,4-5,8,12-13H2,1-3H3. The molecule has 0 bridgehead atoms. The molecule has 0 saturated carbocycles. The van der Waals surface area contributed by atoms with Crippen LogP contribution in [0.4, 0.5) is 5.69 Å². The van der Waals surface area contributed by atoms with Crippen LogP contribution in [0.5, 0.6) is 17.2 Å². The summed E-state index contributed by atoms with van der Waals surface area (Å²) in [6, 6.07) is 7.33. The van der Waals surface area contributed by atoms with Gasteiger partial charge in [-0.1, -0.05) is 11.6 Å². The Morgan fingerprint density at radius 1 is 1.19 bits per heavy atom. The van der Waals surface area contributed by atoms with Crippen molar-refractivity contribution in [3.63, 3.8) is 0 Å². The van der Waals surface area contributed by atoms with Crippen LogP contribution < -0.4 is 14.2 Å². The quantitative estimate of drug-likeness (QED) is 0.407. The molecule has 32 heavy (non-hydrogen) atoms. The summed E-state index contributed by atoms with van der Waals surface area (Å²) in [5.41, 5.74) is 0.585. The second-order valence-electron chi connectivity index (χ2n) is 7.28. The van der Waals surface area contributed by atoms with Gasteiger partial charge in [0.25, 0.3) is 11.6 Å². The van der Waals surface area contributed by atoms with E-state index in [1.807, 2.05) is 0 Å². The van der Waals surface area contributed by atoms with Gasteiger partial charge >= 0.3 is 0 Å². The van der Waals surface area contributed by atoms with Crippen LogP contribution in [-0.4, -0.2) is 56.3 Å². The molecule has 1 aliphatic heterocycles. The maximum atomic E-state index is 13.4. The van der Waals surface area contributed by atoms with E-state index < -0.39 is 10.8 Å². The van der Waals surface area contributed by atoms with Crippen molar-refractivity contribution >= 4 is 23.2 Å². The topological polar surface area (TPSA) is 100 Å². The Kier molecular flexibility index (Phi) is 7.76. The average molecular weight is 465 g/mol. The van der Waals surface area contributed by atoms with Crippen molar-refractivity contribution in [3.8, 4) is 17.2 Å². The number of hydrogen-bond acceptors (Lipinski definition) is 7. The van der Waals surface area contributed by atoms with Crippen LogP contribution in [0.15, 0.2) is 30.3 Å².